The SMILES string of the molecule is Cn1ccc(C(=O)N2CCN(c3cnn(-c4ccccc4)c(=O)c3Cl)CC2)n1. The molecule has 1 amide bonds. The molecule has 1 aliphatic rings. The van der Waals surface area contributed by atoms with Gasteiger partial charge < -0.3 is 9.80 Å². The maximum atomic E-state index is 12.7. The number of aromatic nitrogens is 4. The van der Waals surface area contributed by atoms with Gasteiger partial charge in [-0.3, -0.25) is 14.3 Å². The zero-order chi connectivity index (χ0) is 19.7. The minimum absolute atomic E-state index is 0.0935. The average molecular weight is 399 g/mol. The molecule has 0 unspecified atom stereocenters. The summed E-state index contributed by atoms with van der Waals surface area (Å²) < 4.78 is 2.89. The highest BCUT2D eigenvalue weighted by Gasteiger charge is 2.25. The molecule has 0 saturated carbocycles. The molecule has 0 aliphatic carbocycles. The van der Waals surface area contributed by atoms with Gasteiger partial charge >= 0.3 is 0 Å². The zero-order valence-electron chi connectivity index (χ0n) is 15.3. The van der Waals surface area contributed by atoms with Crippen molar-refractivity contribution in [2.24, 2.45) is 7.05 Å². The Hall–Kier alpha value is -3.13. The number of para-hydroxylation sites is 1. The van der Waals surface area contributed by atoms with Gasteiger partial charge in [-0.05, 0) is 18.2 Å². The molecular formula is C19H19ClN6O2. The predicted octanol–water partition coefficient (Wildman–Crippen LogP) is 1.58. The highest BCUT2D eigenvalue weighted by atomic mass is 35.5. The van der Waals surface area contributed by atoms with E-state index in [1.54, 1.807) is 47.2 Å². The summed E-state index contributed by atoms with van der Waals surface area (Å²) >= 11 is 6.37. The Morgan fingerprint density at radius 2 is 1.79 bits per heavy atom. The van der Waals surface area contributed by atoms with Crippen LogP contribution in [0.15, 0.2) is 53.6 Å². The summed E-state index contributed by atoms with van der Waals surface area (Å²) in [6.45, 7) is 2.17. The Morgan fingerprint density at radius 3 is 2.43 bits per heavy atom. The third kappa shape index (κ3) is 3.38. The third-order valence-corrected chi connectivity index (χ3v) is 5.10. The van der Waals surface area contributed by atoms with Crippen LogP contribution in [-0.2, 0) is 7.05 Å². The summed E-state index contributed by atoms with van der Waals surface area (Å²) in [5.41, 5.74) is 1.31. The molecule has 1 aromatic carbocycles. The molecule has 0 spiro atoms. The number of amides is 1. The fraction of sp³-hybridized carbons (Fsp3) is 0.263. The number of aryl methyl sites for hydroxylation is 1. The van der Waals surface area contributed by atoms with Crippen molar-refractivity contribution < 1.29 is 4.79 Å². The standard InChI is InChI=1S/C19H19ClN6O2/c1-23-8-7-15(22-23)18(27)25-11-9-24(10-12-25)16-13-21-26(19(28)17(16)20)14-5-3-2-4-6-14/h2-8,13H,9-12H2,1H3. The van der Waals surface area contributed by atoms with E-state index in [4.69, 9.17) is 11.6 Å². The van der Waals surface area contributed by atoms with Gasteiger partial charge in [-0.15, -0.1) is 0 Å². The van der Waals surface area contributed by atoms with E-state index in [0.29, 0.717) is 43.2 Å². The first-order valence-electron chi connectivity index (χ1n) is 8.92. The Morgan fingerprint density at radius 1 is 1.07 bits per heavy atom. The van der Waals surface area contributed by atoms with Crippen LogP contribution in [0.3, 0.4) is 0 Å². The van der Waals surface area contributed by atoms with E-state index in [0.717, 1.165) is 0 Å². The molecule has 0 atom stereocenters. The molecule has 144 valence electrons. The molecule has 28 heavy (non-hydrogen) atoms. The van der Waals surface area contributed by atoms with Crippen LogP contribution in [0.1, 0.15) is 10.5 Å². The lowest BCUT2D eigenvalue weighted by molar-refractivity contribution is 0.0740. The highest BCUT2D eigenvalue weighted by molar-refractivity contribution is 6.33. The summed E-state index contributed by atoms with van der Waals surface area (Å²) in [4.78, 5) is 28.9. The number of carbonyl (C=O) groups excluding carboxylic acids is 1. The van der Waals surface area contributed by atoms with Crippen molar-refractivity contribution in [3.63, 3.8) is 0 Å². The quantitative estimate of drug-likeness (QED) is 0.669. The van der Waals surface area contributed by atoms with Crippen molar-refractivity contribution in [3.05, 3.63) is 69.9 Å². The lowest BCUT2D eigenvalue weighted by Gasteiger charge is -2.35. The second kappa shape index (κ2) is 7.47. The fourth-order valence-corrected chi connectivity index (χ4v) is 3.49. The molecule has 1 fully saturated rings. The zero-order valence-corrected chi connectivity index (χ0v) is 16.1. The molecule has 8 nitrogen and oxygen atoms in total. The van der Waals surface area contributed by atoms with E-state index in [2.05, 4.69) is 10.2 Å². The minimum atomic E-state index is -0.364. The number of hydrogen-bond acceptors (Lipinski definition) is 5. The summed E-state index contributed by atoms with van der Waals surface area (Å²) in [7, 11) is 1.78. The van der Waals surface area contributed by atoms with Crippen LogP contribution in [0, 0.1) is 0 Å². The first-order valence-corrected chi connectivity index (χ1v) is 9.29. The van der Waals surface area contributed by atoms with Gasteiger partial charge in [0.05, 0.1) is 17.6 Å². The number of piperazine rings is 1. The van der Waals surface area contributed by atoms with Gasteiger partial charge in [0, 0.05) is 39.4 Å². The maximum absolute atomic E-state index is 12.7. The number of carbonyl (C=O) groups is 1. The first kappa shape index (κ1) is 18.2. The number of rotatable bonds is 3. The number of hydrogen-bond donors (Lipinski definition) is 0. The lowest BCUT2D eigenvalue weighted by Crippen LogP contribution is -2.49. The summed E-state index contributed by atoms with van der Waals surface area (Å²) in [5, 5.41) is 8.57. The van der Waals surface area contributed by atoms with E-state index in [1.807, 2.05) is 23.1 Å². The summed E-state index contributed by atoms with van der Waals surface area (Å²) in [6, 6.07) is 10.8. The third-order valence-electron chi connectivity index (χ3n) is 4.74. The van der Waals surface area contributed by atoms with Gasteiger partial charge in [-0.1, -0.05) is 29.8 Å². The maximum Gasteiger partial charge on any atom is 0.292 e. The lowest BCUT2D eigenvalue weighted by atomic mass is 10.2. The van der Waals surface area contributed by atoms with Crippen LogP contribution in [0.25, 0.3) is 5.69 Å². The van der Waals surface area contributed by atoms with Crippen molar-refractivity contribution >= 4 is 23.2 Å². The monoisotopic (exact) mass is 398 g/mol. The van der Waals surface area contributed by atoms with E-state index in [-0.39, 0.29) is 16.5 Å². The van der Waals surface area contributed by atoms with Crippen molar-refractivity contribution in [1.82, 2.24) is 24.5 Å². The Labute approximate surface area is 166 Å². The Bertz CT molecular complexity index is 1050. The molecule has 0 N–H and O–H groups in total. The fourth-order valence-electron chi connectivity index (χ4n) is 3.24. The molecule has 9 heteroatoms. The van der Waals surface area contributed by atoms with E-state index in [1.165, 1.54) is 4.68 Å². The Balaban J connectivity index is 1.50. The number of anilines is 1. The normalized spacial score (nSPS) is 14.4. The molecule has 1 aliphatic heterocycles. The molecule has 3 aromatic rings. The van der Waals surface area contributed by atoms with Crippen molar-refractivity contribution in [3.8, 4) is 5.69 Å². The first-order chi connectivity index (χ1) is 13.5. The Kier molecular flexibility index (Phi) is 4.87. The van der Waals surface area contributed by atoms with Gasteiger partial charge in [-0.25, -0.2) is 0 Å². The van der Waals surface area contributed by atoms with Crippen LogP contribution < -0.4 is 10.5 Å². The number of nitrogens with zero attached hydrogens (tertiary/aromatic N) is 6. The molecule has 0 bridgehead atoms. The van der Waals surface area contributed by atoms with E-state index >= 15 is 0 Å². The van der Waals surface area contributed by atoms with Crippen molar-refractivity contribution in [2.75, 3.05) is 31.1 Å². The van der Waals surface area contributed by atoms with Crippen LogP contribution in [0.5, 0.6) is 0 Å². The predicted molar refractivity (Wildman–Crippen MR) is 106 cm³/mol. The van der Waals surface area contributed by atoms with Gasteiger partial charge in [-0.2, -0.15) is 14.9 Å². The summed E-state index contributed by atoms with van der Waals surface area (Å²) in [6.07, 6.45) is 3.35. The molecule has 2 aromatic heterocycles. The second-order valence-electron chi connectivity index (χ2n) is 6.55. The van der Waals surface area contributed by atoms with Crippen LogP contribution in [0.4, 0.5) is 5.69 Å². The van der Waals surface area contributed by atoms with Crippen molar-refractivity contribution in [1.29, 1.82) is 0 Å². The van der Waals surface area contributed by atoms with Crippen LogP contribution >= 0.6 is 11.6 Å². The topological polar surface area (TPSA) is 76.3 Å². The second-order valence-corrected chi connectivity index (χ2v) is 6.93. The van der Waals surface area contributed by atoms with E-state index in [9.17, 15) is 9.59 Å². The molecule has 1 saturated heterocycles. The smallest absolute Gasteiger partial charge is 0.292 e. The number of benzene rings is 1. The number of halogens is 1. The minimum Gasteiger partial charge on any atom is -0.365 e. The van der Waals surface area contributed by atoms with E-state index < -0.39 is 0 Å². The van der Waals surface area contributed by atoms with Gasteiger partial charge in [0.1, 0.15) is 10.7 Å². The van der Waals surface area contributed by atoms with Gasteiger partial charge in [0.15, 0.2) is 0 Å². The largest absolute Gasteiger partial charge is 0.365 e. The molecular weight excluding hydrogens is 380 g/mol. The summed E-state index contributed by atoms with van der Waals surface area (Å²) in [5.74, 6) is -0.0935. The molecule has 4 rings (SSSR count). The van der Waals surface area contributed by atoms with Crippen LogP contribution in [-0.4, -0.2) is 56.5 Å². The van der Waals surface area contributed by atoms with Crippen LogP contribution in [0.2, 0.25) is 5.02 Å². The molecule has 3 heterocycles. The van der Waals surface area contributed by atoms with Gasteiger partial charge in [0.25, 0.3) is 11.5 Å². The average Bonchev–Trinajstić information content (AvgIpc) is 3.16. The van der Waals surface area contributed by atoms with Crippen molar-refractivity contribution in [2.45, 2.75) is 0 Å². The van der Waals surface area contributed by atoms with Gasteiger partial charge in [0.2, 0.25) is 0 Å². The highest BCUT2D eigenvalue weighted by Crippen LogP contribution is 2.23. The molecule has 0 radical (unpaired) electrons.